The van der Waals surface area contributed by atoms with E-state index in [2.05, 4.69) is 176 Å². The van der Waals surface area contributed by atoms with Gasteiger partial charge in [0.25, 0.3) is 0 Å². The monoisotopic (exact) mass is 861 g/mol. The number of benzene rings is 2. The van der Waals surface area contributed by atoms with Gasteiger partial charge in [0.1, 0.15) is 23.8 Å². The molecule has 0 radical (unpaired) electrons. The van der Waals surface area contributed by atoms with Crippen LogP contribution in [0.25, 0.3) is 33.5 Å². The van der Waals surface area contributed by atoms with Crippen LogP contribution in [0.4, 0.5) is 11.6 Å². The minimum absolute atomic E-state index is 0.0550. The Morgan fingerprint density at radius 3 is 1.45 bits per heavy atom. The van der Waals surface area contributed by atoms with Gasteiger partial charge in [-0.15, -0.1) is 0 Å². The summed E-state index contributed by atoms with van der Waals surface area (Å²) in [7, 11) is 0. The van der Waals surface area contributed by atoms with E-state index < -0.39 is 0 Å². The summed E-state index contributed by atoms with van der Waals surface area (Å²) < 4.78 is 1.94. The van der Waals surface area contributed by atoms with E-state index in [9.17, 15) is 4.79 Å². The Balaban J connectivity index is 0.000000206. The minimum Gasteiger partial charge on any atom is -0.354 e. The lowest BCUT2D eigenvalue weighted by atomic mass is 9.79. The molecule has 1 N–H and O–H groups in total. The largest absolute Gasteiger partial charge is 0.354 e. The van der Waals surface area contributed by atoms with Crippen LogP contribution >= 0.6 is 0 Å². The van der Waals surface area contributed by atoms with Crippen LogP contribution in [0.3, 0.4) is 0 Å². The first-order valence-electron chi connectivity index (χ1n) is 23.3. The van der Waals surface area contributed by atoms with Gasteiger partial charge in [0.05, 0.1) is 11.4 Å². The van der Waals surface area contributed by atoms with Crippen molar-refractivity contribution in [1.29, 1.82) is 0 Å². The lowest BCUT2D eigenvalue weighted by Gasteiger charge is -2.35. The van der Waals surface area contributed by atoms with Crippen molar-refractivity contribution >= 4 is 28.6 Å². The molecule has 8 rings (SSSR count). The molecule has 2 aliphatic rings. The molecular formula is C55H72N8O. The molecule has 0 aliphatic carbocycles. The van der Waals surface area contributed by atoms with Gasteiger partial charge in [-0.25, -0.2) is 15.0 Å². The number of pyridine rings is 3. The summed E-state index contributed by atoms with van der Waals surface area (Å²) in [4.78, 5) is 34.2. The fourth-order valence-electron chi connectivity index (χ4n) is 8.28. The molecule has 0 spiro atoms. The van der Waals surface area contributed by atoms with Crippen molar-refractivity contribution in [2.75, 3.05) is 62.2 Å². The second-order valence-electron chi connectivity index (χ2n) is 21.8. The highest BCUT2D eigenvalue weighted by atomic mass is 16.2. The summed E-state index contributed by atoms with van der Waals surface area (Å²) in [6.07, 6.45) is 3.72. The lowest BCUT2D eigenvalue weighted by molar-refractivity contribution is -0.132. The van der Waals surface area contributed by atoms with E-state index in [0.717, 1.165) is 78.9 Å². The molecule has 0 bridgehead atoms. The fourth-order valence-corrected chi connectivity index (χ4v) is 8.28. The maximum absolute atomic E-state index is 13.1. The Morgan fingerprint density at radius 1 is 0.547 bits per heavy atom. The van der Waals surface area contributed by atoms with Crippen molar-refractivity contribution in [3.05, 3.63) is 126 Å². The number of carbonyl (C=O) groups is 1. The summed E-state index contributed by atoms with van der Waals surface area (Å²) >= 11 is 0. The highest BCUT2D eigenvalue weighted by Gasteiger charge is 2.25. The van der Waals surface area contributed by atoms with Crippen molar-refractivity contribution in [1.82, 2.24) is 29.7 Å². The molecule has 0 atom stereocenters. The van der Waals surface area contributed by atoms with Crippen LogP contribution in [-0.2, 0) is 33.0 Å². The smallest absolute Gasteiger partial charge is 0.242 e. The molecule has 0 saturated carbocycles. The highest BCUT2D eigenvalue weighted by Crippen LogP contribution is 2.36. The van der Waals surface area contributed by atoms with Gasteiger partial charge in [0, 0.05) is 81.3 Å². The number of hydrogen-bond donors (Lipinski definition) is 1. The molecular weight excluding hydrogens is 789 g/mol. The first-order chi connectivity index (χ1) is 30.1. The van der Waals surface area contributed by atoms with Gasteiger partial charge in [0.2, 0.25) is 5.91 Å². The van der Waals surface area contributed by atoms with Gasteiger partial charge in [-0.1, -0.05) is 107 Å². The SMILES string of the molecule is CC(C)(C)c1cc(-c2cccc(N3CCN(C(=O)Cn4ccc5cccnc54)CC3)n2)cc(C(C)(C)C)c1.CC(C)(C)c1cc(-c2cccc(N3CCNCC3)n2)cc(C(C)(C)C)c1. The minimum atomic E-state index is 0.0550. The summed E-state index contributed by atoms with van der Waals surface area (Å²) in [6, 6.07) is 32.6. The Hall–Kier alpha value is -5.54. The molecule has 9 heteroatoms. The van der Waals surface area contributed by atoms with Crippen LogP contribution in [0.15, 0.2) is 103 Å². The molecule has 2 aliphatic heterocycles. The standard InChI is InChI=1S/C32H39N5O.C23H33N3/c1-31(2,3)25-19-24(20-26(21-25)32(4,5)6)27-10-7-11-28(34-27)35-15-17-36(18-16-35)29(38)22-37-14-12-23-9-8-13-33-30(23)37;1-22(2,3)18-14-17(15-19(16-18)23(4,5)6)20-8-7-9-21(25-20)26-12-10-24-11-13-26/h7-14,19-21H,15-18,22H2,1-6H3;7-9,14-16,24H,10-13H2,1-6H3. The zero-order chi connectivity index (χ0) is 46.0. The molecule has 0 unspecified atom stereocenters. The topological polar surface area (TPSA) is 82.4 Å². The summed E-state index contributed by atoms with van der Waals surface area (Å²) in [5, 5.41) is 4.46. The maximum atomic E-state index is 13.1. The molecule has 4 aromatic heterocycles. The predicted molar refractivity (Wildman–Crippen MR) is 268 cm³/mol. The van der Waals surface area contributed by atoms with E-state index in [1.54, 1.807) is 6.20 Å². The van der Waals surface area contributed by atoms with Crippen LogP contribution in [0.1, 0.15) is 105 Å². The number of nitrogens with zero attached hydrogens (tertiary/aromatic N) is 7. The second-order valence-corrected chi connectivity index (χ2v) is 21.8. The molecule has 2 fully saturated rings. The van der Waals surface area contributed by atoms with Crippen LogP contribution in [0.5, 0.6) is 0 Å². The lowest BCUT2D eigenvalue weighted by Crippen LogP contribution is -2.49. The van der Waals surface area contributed by atoms with Gasteiger partial charge < -0.3 is 24.6 Å². The number of anilines is 2. The third kappa shape index (κ3) is 11.2. The number of piperazine rings is 2. The van der Waals surface area contributed by atoms with Gasteiger partial charge in [-0.05, 0) is 111 Å². The van der Waals surface area contributed by atoms with Crippen LogP contribution in [-0.4, -0.2) is 82.7 Å². The van der Waals surface area contributed by atoms with Crippen molar-refractivity contribution in [2.24, 2.45) is 0 Å². The van der Waals surface area contributed by atoms with Crippen molar-refractivity contribution in [2.45, 2.75) is 111 Å². The molecule has 6 aromatic rings. The van der Waals surface area contributed by atoms with Crippen LogP contribution in [0.2, 0.25) is 0 Å². The zero-order valence-corrected chi connectivity index (χ0v) is 40.7. The van der Waals surface area contributed by atoms with Gasteiger partial charge in [-0.2, -0.15) is 0 Å². The number of amides is 1. The van der Waals surface area contributed by atoms with Crippen LogP contribution < -0.4 is 15.1 Å². The van der Waals surface area contributed by atoms with Crippen molar-refractivity contribution in [3.8, 4) is 22.5 Å². The molecule has 6 heterocycles. The predicted octanol–water partition coefficient (Wildman–Crippen LogP) is 10.8. The van der Waals surface area contributed by atoms with Crippen molar-refractivity contribution in [3.63, 3.8) is 0 Å². The first kappa shape index (κ1) is 46.5. The molecule has 2 saturated heterocycles. The molecule has 2 aromatic carbocycles. The van der Waals surface area contributed by atoms with E-state index in [1.807, 2.05) is 33.9 Å². The quantitative estimate of drug-likeness (QED) is 0.179. The third-order valence-corrected chi connectivity index (χ3v) is 12.6. The average Bonchev–Trinajstić information content (AvgIpc) is 3.68. The van der Waals surface area contributed by atoms with Crippen molar-refractivity contribution < 1.29 is 4.79 Å². The van der Waals surface area contributed by atoms with Crippen LogP contribution in [0, 0.1) is 0 Å². The molecule has 1 amide bonds. The Kier molecular flexibility index (Phi) is 13.4. The number of nitrogens with one attached hydrogen (secondary N) is 1. The Morgan fingerprint density at radius 2 is 1.00 bits per heavy atom. The maximum Gasteiger partial charge on any atom is 0.242 e. The first-order valence-corrected chi connectivity index (χ1v) is 23.3. The normalized spacial score (nSPS) is 15.3. The number of rotatable bonds is 6. The van der Waals surface area contributed by atoms with Gasteiger partial charge in [-0.3, -0.25) is 4.79 Å². The van der Waals surface area contributed by atoms with Gasteiger partial charge >= 0.3 is 0 Å². The van der Waals surface area contributed by atoms with Gasteiger partial charge in [0.15, 0.2) is 0 Å². The van der Waals surface area contributed by atoms with E-state index in [-0.39, 0.29) is 27.6 Å². The third-order valence-electron chi connectivity index (χ3n) is 12.6. The Labute approximate surface area is 383 Å². The van der Waals surface area contributed by atoms with E-state index in [1.165, 1.54) is 27.8 Å². The van der Waals surface area contributed by atoms with E-state index >= 15 is 0 Å². The Bertz CT molecular complexity index is 2480. The summed E-state index contributed by atoms with van der Waals surface area (Å²) in [6.45, 7) is 34.6. The second kappa shape index (κ2) is 18.5. The molecule has 9 nitrogen and oxygen atoms in total. The number of hydrogen-bond acceptors (Lipinski definition) is 7. The van der Waals surface area contributed by atoms with E-state index in [0.29, 0.717) is 19.6 Å². The number of carbonyl (C=O) groups excluding carboxylic acids is 1. The number of fused-ring (bicyclic) bond motifs is 1. The highest BCUT2D eigenvalue weighted by molar-refractivity contribution is 5.81. The molecule has 338 valence electrons. The fraction of sp³-hybridized carbons (Fsp3) is 0.455. The number of aromatic nitrogens is 4. The average molecular weight is 861 g/mol. The molecule has 64 heavy (non-hydrogen) atoms. The zero-order valence-electron chi connectivity index (χ0n) is 40.7. The van der Waals surface area contributed by atoms with E-state index in [4.69, 9.17) is 9.97 Å². The summed E-state index contributed by atoms with van der Waals surface area (Å²) in [5.74, 6) is 2.18. The summed E-state index contributed by atoms with van der Waals surface area (Å²) in [5.41, 5.74) is 11.0.